The van der Waals surface area contributed by atoms with Crippen molar-refractivity contribution >= 4 is 5.97 Å². The van der Waals surface area contributed by atoms with Crippen LogP contribution in [0.1, 0.15) is 84.5 Å². The first-order valence-corrected chi connectivity index (χ1v) is 8.63. The quantitative estimate of drug-likeness (QED) is 0.380. The number of carbonyl (C=O) groups is 1. The van der Waals surface area contributed by atoms with Crippen molar-refractivity contribution in [3.63, 3.8) is 0 Å². The number of aliphatic hydroxyl groups is 2. The van der Waals surface area contributed by atoms with Crippen molar-refractivity contribution in [3.8, 4) is 0 Å². The van der Waals surface area contributed by atoms with E-state index < -0.39 is 12.2 Å². The van der Waals surface area contributed by atoms with Crippen LogP contribution in [0, 0.1) is 0 Å². The molecule has 0 aromatic heterocycles. The molecule has 0 rings (SSSR count). The minimum atomic E-state index is -0.820. The zero-order valence-corrected chi connectivity index (χ0v) is 13.9. The Labute approximate surface area is 129 Å². The zero-order chi connectivity index (χ0) is 15.9. The van der Waals surface area contributed by atoms with Crippen molar-refractivity contribution in [1.29, 1.82) is 0 Å². The molecule has 0 radical (unpaired) electrons. The molecule has 0 bridgehead atoms. The standard InChI is InChI=1S/C17H34O4/c1-3-5-6-7-8-9-10-11-12-15(18)16(19)13-14-17(20)21-4-2/h15-16,18-19H,3-14H2,1-2H3/t15-,16-/m0/s1. The van der Waals surface area contributed by atoms with Crippen LogP contribution in [0.3, 0.4) is 0 Å². The maximum absolute atomic E-state index is 11.2. The first kappa shape index (κ1) is 20.4. The highest BCUT2D eigenvalue weighted by Gasteiger charge is 2.17. The number of ether oxygens (including phenoxy) is 1. The highest BCUT2D eigenvalue weighted by Crippen LogP contribution is 2.13. The van der Waals surface area contributed by atoms with E-state index in [0.717, 1.165) is 12.8 Å². The Kier molecular flexibility index (Phi) is 13.9. The Balaban J connectivity index is 3.47. The van der Waals surface area contributed by atoms with Crippen molar-refractivity contribution in [2.24, 2.45) is 0 Å². The van der Waals surface area contributed by atoms with Gasteiger partial charge in [0.05, 0.1) is 18.8 Å². The average molecular weight is 302 g/mol. The van der Waals surface area contributed by atoms with Crippen LogP contribution < -0.4 is 0 Å². The van der Waals surface area contributed by atoms with Gasteiger partial charge in [-0.25, -0.2) is 0 Å². The lowest BCUT2D eigenvalue weighted by Gasteiger charge is -2.17. The molecule has 21 heavy (non-hydrogen) atoms. The summed E-state index contributed by atoms with van der Waals surface area (Å²) in [6.45, 7) is 4.33. The summed E-state index contributed by atoms with van der Waals surface area (Å²) in [6, 6.07) is 0. The lowest BCUT2D eigenvalue weighted by molar-refractivity contribution is -0.144. The number of hydrogen-bond donors (Lipinski definition) is 2. The Bertz CT molecular complexity index is 243. The van der Waals surface area contributed by atoms with E-state index in [-0.39, 0.29) is 18.8 Å². The van der Waals surface area contributed by atoms with Gasteiger partial charge in [0.1, 0.15) is 0 Å². The number of aliphatic hydroxyl groups excluding tert-OH is 2. The molecular weight excluding hydrogens is 268 g/mol. The second kappa shape index (κ2) is 14.3. The van der Waals surface area contributed by atoms with E-state index >= 15 is 0 Å². The van der Waals surface area contributed by atoms with E-state index in [0.29, 0.717) is 13.0 Å². The van der Waals surface area contributed by atoms with Gasteiger partial charge in [0.15, 0.2) is 0 Å². The van der Waals surface area contributed by atoms with Crippen LogP contribution in [0.15, 0.2) is 0 Å². The Morgan fingerprint density at radius 2 is 1.38 bits per heavy atom. The fraction of sp³-hybridized carbons (Fsp3) is 0.941. The molecule has 0 saturated heterocycles. The largest absolute Gasteiger partial charge is 0.466 e. The van der Waals surface area contributed by atoms with E-state index in [1.54, 1.807) is 6.92 Å². The fourth-order valence-electron chi connectivity index (χ4n) is 2.37. The highest BCUT2D eigenvalue weighted by molar-refractivity contribution is 5.69. The average Bonchev–Trinajstić information content (AvgIpc) is 2.47. The molecule has 0 heterocycles. The molecule has 0 amide bonds. The molecule has 0 fully saturated rings. The Morgan fingerprint density at radius 1 is 0.857 bits per heavy atom. The molecule has 0 aliphatic carbocycles. The maximum Gasteiger partial charge on any atom is 0.305 e. The molecule has 0 aromatic carbocycles. The Morgan fingerprint density at radius 3 is 1.95 bits per heavy atom. The first-order chi connectivity index (χ1) is 10.1. The lowest BCUT2D eigenvalue weighted by atomic mass is 10.0. The second-order valence-corrected chi connectivity index (χ2v) is 5.74. The first-order valence-electron chi connectivity index (χ1n) is 8.63. The zero-order valence-electron chi connectivity index (χ0n) is 13.9. The van der Waals surface area contributed by atoms with Crippen LogP contribution in [0.4, 0.5) is 0 Å². The summed E-state index contributed by atoms with van der Waals surface area (Å²) in [7, 11) is 0. The number of unbranched alkanes of at least 4 members (excludes halogenated alkanes) is 7. The Hall–Kier alpha value is -0.610. The van der Waals surface area contributed by atoms with Gasteiger partial charge in [-0.05, 0) is 19.8 Å². The normalized spacial score (nSPS) is 13.9. The van der Waals surface area contributed by atoms with Gasteiger partial charge in [-0.3, -0.25) is 4.79 Å². The second-order valence-electron chi connectivity index (χ2n) is 5.74. The van der Waals surface area contributed by atoms with Gasteiger partial charge in [0, 0.05) is 6.42 Å². The third-order valence-electron chi connectivity index (χ3n) is 3.75. The molecule has 0 spiro atoms. The molecule has 2 N–H and O–H groups in total. The lowest BCUT2D eigenvalue weighted by Crippen LogP contribution is -2.26. The smallest absolute Gasteiger partial charge is 0.305 e. The van der Waals surface area contributed by atoms with Gasteiger partial charge < -0.3 is 14.9 Å². The van der Waals surface area contributed by atoms with Gasteiger partial charge in [0.2, 0.25) is 0 Å². The highest BCUT2D eigenvalue weighted by atomic mass is 16.5. The molecular formula is C17H34O4. The predicted molar refractivity (Wildman–Crippen MR) is 85.1 cm³/mol. The summed E-state index contributed by atoms with van der Waals surface area (Å²) in [5.74, 6) is -0.309. The summed E-state index contributed by atoms with van der Waals surface area (Å²) < 4.78 is 4.79. The molecule has 2 atom stereocenters. The SMILES string of the molecule is CCCCCCCCCC[C@H](O)[C@@H](O)CCC(=O)OCC. The third-order valence-corrected chi connectivity index (χ3v) is 3.75. The van der Waals surface area contributed by atoms with Crippen molar-refractivity contribution in [3.05, 3.63) is 0 Å². The molecule has 0 aliphatic heterocycles. The number of rotatable bonds is 14. The van der Waals surface area contributed by atoms with E-state index in [4.69, 9.17) is 4.74 Å². The number of hydrogen-bond acceptors (Lipinski definition) is 4. The van der Waals surface area contributed by atoms with Gasteiger partial charge in [0.25, 0.3) is 0 Å². The van der Waals surface area contributed by atoms with Gasteiger partial charge in [-0.1, -0.05) is 58.3 Å². The van der Waals surface area contributed by atoms with E-state index in [2.05, 4.69) is 6.92 Å². The minimum Gasteiger partial charge on any atom is -0.466 e. The monoisotopic (exact) mass is 302 g/mol. The summed E-state index contributed by atoms with van der Waals surface area (Å²) in [4.78, 5) is 11.2. The van der Waals surface area contributed by atoms with Crippen molar-refractivity contribution in [1.82, 2.24) is 0 Å². The maximum atomic E-state index is 11.2. The van der Waals surface area contributed by atoms with Crippen LogP contribution in [0.2, 0.25) is 0 Å². The summed E-state index contributed by atoms with van der Waals surface area (Å²) in [5.41, 5.74) is 0. The molecule has 4 heteroatoms. The summed E-state index contributed by atoms with van der Waals surface area (Å²) in [6.07, 6.45) is 9.25. The summed E-state index contributed by atoms with van der Waals surface area (Å²) >= 11 is 0. The van der Waals surface area contributed by atoms with Crippen LogP contribution in [-0.2, 0) is 9.53 Å². The van der Waals surface area contributed by atoms with Crippen LogP contribution in [-0.4, -0.2) is 35.0 Å². The molecule has 0 aliphatic rings. The van der Waals surface area contributed by atoms with E-state index in [9.17, 15) is 15.0 Å². The molecule has 0 aromatic rings. The van der Waals surface area contributed by atoms with Crippen molar-refractivity contribution in [2.45, 2.75) is 96.7 Å². The minimum absolute atomic E-state index is 0.170. The molecule has 0 saturated carbocycles. The topological polar surface area (TPSA) is 66.8 Å². The number of esters is 1. The van der Waals surface area contributed by atoms with Crippen LogP contribution >= 0.6 is 0 Å². The van der Waals surface area contributed by atoms with Gasteiger partial charge >= 0.3 is 5.97 Å². The van der Waals surface area contributed by atoms with Gasteiger partial charge in [-0.15, -0.1) is 0 Å². The van der Waals surface area contributed by atoms with Crippen molar-refractivity contribution in [2.75, 3.05) is 6.61 Å². The van der Waals surface area contributed by atoms with Crippen LogP contribution in [0.5, 0.6) is 0 Å². The van der Waals surface area contributed by atoms with Crippen LogP contribution in [0.25, 0.3) is 0 Å². The predicted octanol–water partition coefficient (Wildman–Crippen LogP) is 3.58. The number of carbonyl (C=O) groups excluding carboxylic acids is 1. The van der Waals surface area contributed by atoms with E-state index in [1.807, 2.05) is 0 Å². The van der Waals surface area contributed by atoms with Gasteiger partial charge in [-0.2, -0.15) is 0 Å². The third kappa shape index (κ3) is 12.8. The molecule has 4 nitrogen and oxygen atoms in total. The summed E-state index contributed by atoms with van der Waals surface area (Å²) in [5, 5.41) is 19.6. The van der Waals surface area contributed by atoms with Crippen molar-refractivity contribution < 1.29 is 19.7 Å². The molecule has 0 unspecified atom stereocenters. The fourth-order valence-corrected chi connectivity index (χ4v) is 2.37. The molecule has 126 valence electrons. The van der Waals surface area contributed by atoms with E-state index in [1.165, 1.54) is 38.5 Å².